The monoisotopic (exact) mass is 394 g/mol. The van der Waals surface area contributed by atoms with Crippen LogP contribution < -0.4 is 4.74 Å². The van der Waals surface area contributed by atoms with E-state index in [0.29, 0.717) is 18.1 Å². The third-order valence-corrected chi connectivity index (χ3v) is 5.39. The highest BCUT2D eigenvalue weighted by Crippen LogP contribution is 2.34. The van der Waals surface area contributed by atoms with Crippen LogP contribution in [0.25, 0.3) is 6.08 Å². The van der Waals surface area contributed by atoms with Gasteiger partial charge in [-0.05, 0) is 67.9 Å². The summed E-state index contributed by atoms with van der Waals surface area (Å²) in [6.45, 7) is 7.45. The Balaban J connectivity index is 1.81. The Hall–Kier alpha value is -2.53. The number of amidine groups is 1. The van der Waals surface area contributed by atoms with Crippen LogP contribution in [0.4, 0.5) is 5.69 Å². The third kappa shape index (κ3) is 5.04. The molecule has 3 rings (SSSR count). The van der Waals surface area contributed by atoms with Gasteiger partial charge in [-0.1, -0.05) is 43.2 Å². The second-order valence-electron chi connectivity index (χ2n) is 6.66. The number of amides is 1. The molecule has 2 aromatic carbocycles. The molecule has 2 aromatic rings. The molecule has 1 aliphatic rings. The molecule has 1 aliphatic heterocycles. The van der Waals surface area contributed by atoms with Gasteiger partial charge in [0.05, 0.1) is 17.2 Å². The van der Waals surface area contributed by atoms with Gasteiger partial charge in [0, 0.05) is 6.54 Å². The van der Waals surface area contributed by atoms with Crippen molar-refractivity contribution in [2.24, 2.45) is 4.99 Å². The molecule has 4 nitrogen and oxygen atoms in total. The number of ether oxygens (including phenoxy) is 1. The number of thioether (sulfide) groups is 1. The summed E-state index contributed by atoms with van der Waals surface area (Å²) >= 11 is 1.42. The van der Waals surface area contributed by atoms with Gasteiger partial charge in [-0.25, -0.2) is 4.99 Å². The molecule has 0 atom stereocenters. The number of likely N-dealkylation sites (N-methyl/N-ethyl adjacent to an activating group) is 1. The van der Waals surface area contributed by atoms with Gasteiger partial charge < -0.3 is 4.74 Å². The molecule has 0 aromatic heterocycles. The zero-order chi connectivity index (χ0) is 19.9. The first-order valence-electron chi connectivity index (χ1n) is 9.70. The Kier molecular flexibility index (Phi) is 6.93. The van der Waals surface area contributed by atoms with E-state index < -0.39 is 0 Å². The first kappa shape index (κ1) is 20.2. The first-order chi connectivity index (χ1) is 13.6. The van der Waals surface area contributed by atoms with E-state index in [0.717, 1.165) is 35.0 Å². The number of nitrogens with zero attached hydrogens (tertiary/aromatic N) is 2. The van der Waals surface area contributed by atoms with Gasteiger partial charge in [0.1, 0.15) is 5.75 Å². The zero-order valence-electron chi connectivity index (χ0n) is 16.6. The molecule has 1 heterocycles. The van der Waals surface area contributed by atoms with E-state index in [2.05, 4.69) is 11.9 Å². The maximum absolute atomic E-state index is 12.8. The zero-order valence-corrected chi connectivity index (χ0v) is 17.5. The summed E-state index contributed by atoms with van der Waals surface area (Å²) < 4.78 is 5.78. The molecule has 5 heteroatoms. The van der Waals surface area contributed by atoms with Crippen LogP contribution >= 0.6 is 11.8 Å². The van der Waals surface area contributed by atoms with Crippen molar-refractivity contribution in [3.8, 4) is 5.75 Å². The summed E-state index contributed by atoms with van der Waals surface area (Å²) in [4.78, 5) is 19.9. The van der Waals surface area contributed by atoms with Gasteiger partial charge >= 0.3 is 0 Å². The number of hydrogen-bond donors (Lipinski definition) is 0. The largest absolute Gasteiger partial charge is 0.494 e. The molecule has 0 N–H and O–H groups in total. The molecule has 0 aliphatic carbocycles. The molecule has 1 saturated heterocycles. The fraction of sp³-hybridized carbons (Fsp3) is 0.304. The van der Waals surface area contributed by atoms with Crippen LogP contribution in [0.15, 0.2) is 58.4 Å². The summed E-state index contributed by atoms with van der Waals surface area (Å²) in [7, 11) is 0. The van der Waals surface area contributed by atoms with E-state index in [9.17, 15) is 4.79 Å². The van der Waals surface area contributed by atoms with Gasteiger partial charge in [-0.15, -0.1) is 0 Å². The molecule has 0 unspecified atom stereocenters. The van der Waals surface area contributed by atoms with E-state index in [4.69, 9.17) is 4.74 Å². The lowest BCUT2D eigenvalue weighted by Gasteiger charge is -2.12. The molecule has 0 radical (unpaired) electrons. The fourth-order valence-electron chi connectivity index (χ4n) is 2.78. The minimum atomic E-state index is -0.00401. The van der Waals surface area contributed by atoms with E-state index in [1.54, 1.807) is 4.90 Å². The Morgan fingerprint density at radius 1 is 1.14 bits per heavy atom. The molecule has 1 amide bonds. The maximum atomic E-state index is 12.8. The van der Waals surface area contributed by atoms with Gasteiger partial charge in [0.2, 0.25) is 0 Å². The van der Waals surface area contributed by atoms with Crippen LogP contribution in [0.5, 0.6) is 5.75 Å². The highest BCUT2D eigenvalue weighted by molar-refractivity contribution is 8.18. The number of aliphatic imine (C=N–C) groups is 1. The van der Waals surface area contributed by atoms with Crippen molar-refractivity contribution in [1.29, 1.82) is 0 Å². The lowest BCUT2D eigenvalue weighted by Crippen LogP contribution is -2.28. The van der Waals surface area contributed by atoms with Crippen LogP contribution in [0.2, 0.25) is 0 Å². The molecule has 0 saturated carbocycles. The van der Waals surface area contributed by atoms with Crippen LogP contribution in [-0.4, -0.2) is 29.1 Å². The van der Waals surface area contributed by atoms with E-state index in [-0.39, 0.29) is 5.91 Å². The van der Waals surface area contributed by atoms with Crippen LogP contribution in [0, 0.1) is 6.92 Å². The van der Waals surface area contributed by atoms with Crippen molar-refractivity contribution in [3.05, 3.63) is 64.6 Å². The average Bonchev–Trinajstić information content (AvgIpc) is 2.98. The Morgan fingerprint density at radius 2 is 1.93 bits per heavy atom. The Bertz CT molecular complexity index is 888. The highest BCUT2D eigenvalue weighted by atomic mass is 32.2. The topological polar surface area (TPSA) is 41.9 Å². The third-order valence-electron chi connectivity index (χ3n) is 4.39. The summed E-state index contributed by atoms with van der Waals surface area (Å²) in [5.74, 6) is 0.829. The summed E-state index contributed by atoms with van der Waals surface area (Å²) in [6.07, 6.45) is 4.05. The predicted octanol–water partition coefficient (Wildman–Crippen LogP) is 5.80. The summed E-state index contributed by atoms with van der Waals surface area (Å²) in [6, 6.07) is 15.9. The second-order valence-corrected chi connectivity index (χ2v) is 7.67. The second kappa shape index (κ2) is 9.60. The van der Waals surface area contributed by atoms with Gasteiger partial charge in [-0.2, -0.15) is 0 Å². The number of carbonyl (C=O) groups is 1. The molecule has 0 spiro atoms. The van der Waals surface area contributed by atoms with E-state index >= 15 is 0 Å². The Labute approximate surface area is 171 Å². The normalized spacial score (nSPS) is 17.0. The van der Waals surface area contributed by atoms with Gasteiger partial charge in [0.15, 0.2) is 5.17 Å². The smallest absolute Gasteiger partial charge is 0.266 e. The quantitative estimate of drug-likeness (QED) is 0.440. The molecule has 1 fully saturated rings. The van der Waals surface area contributed by atoms with Crippen molar-refractivity contribution >= 4 is 34.6 Å². The first-order valence-corrected chi connectivity index (χ1v) is 10.5. The molecule has 28 heavy (non-hydrogen) atoms. The number of unbranched alkanes of at least 4 members (excludes halogenated alkanes) is 1. The van der Waals surface area contributed by atoms with E-state index in [1.807, 2.05) is 68.5 Å². The number of aryl methyl sites for hydroxylation is 1. The Morgan fingerprint density at radius 3 is 2.64 bits per heavy atom. The molecular formula is C23H26N2O2S. The number of rotatable bonds is 7. The molecular weight excluding hydrogens is 368 g/mol. The minimum Gasteiger partial charge on any atom is -0.494 e. The number of benzene rings is 2. The lowest BCUT2D eigenvalue weighted by molar-refractivity contribution is -0.122. The standard InChI is InChI=1S/C23H26N2O2S/c1-4-6-14-27-20-9-7-8-18(15-20)16-21-22(26)25(5-2)23(28-21)24-19-12-10-17(3)11-13-19/h7-13,15-16H,4-6,14H2,1-3H3/b21-16+,24-23?. The SMILES string of the molecule is CCCCOc1cccc(/C=C2/SC(=Nc3ccc(C)cc3)N(CC)C2=O)c1. The van der Waals surface area contributed by atoms with Gasteiger partial charge in [0.25, 0.3) is 5.91 Å². The summed E-state index contributed by atoms with van der Waals surface area (Å²) in [5.41, 5.74) is 3.00. The average molecular weight is 395 g/mol. The molecule has 146 valence electrons. The van der Waals surface area contributed by atoms with E-state index in [1.165, 1.54) is 17.3 Å². The fourth-order valence-corrected chi connectivity index (χ4v) is 3.84. The van der Waals surface area contributed by atoms with Crippen molar-refractivity contribution in [1.82, 2.24) is 4.90 Å². The van der Waals surface area contributed by atoms with Crippen molar-refractivity contribution in [2.45, 2.75) is 33.6 Å². The molecule has 0 bridgehead atoms. The minimum absolute atomic E-state index is 0.00401. The van der Waals surface area contributed by atoms with Crippen molar-refractivity contribution < 1.29 is 9.53 Å². The van der Waals surface area contributed by atoms with Crippen molar-refractivity contribution in [3.63, 3.8) is 0 Å². The number of carbonyl (C=O) groups excluding carboxylic acids is 1. The van der Waals surface area contributed by atoms with Crippen molar-refractivity contribution in [2.75, 3.05) is 13.2 Å². The van der Waals surface area contributed by atoms with Crippen LogP contribution in [0.1, 0.15) is 37.8 Å². The lowest BCUT2D eigenvalue weighted by atomic mass is 10.2. The highest BCUT2D eigenvalue weighted by Gasteiger charge is 2.32. The number of hydrogen-bond acceptors (Lipinski definition) is 4. The van der Waals surface area contributed by atoms with Gasteiger partial charge in [-0.3, -0.25) is 9.69 Å². The summed E-state index contributed by atoms with van der Waals surface area (Å²) in [5, 5.41) is 0.720. The predicted molar refractivity (Wildman–Crippen MR) is 118 cm³/mol. The van der Waals surface area contributed by atoms with Crippen LogP contribution in [0.3, 0.4) is 0 Å². The maximum Gasteiger partial charge on any atom is 0.266 e. The van der Waals surface area contributed by atoms with Crippen LogP contribution in [-0.2, 0) is 4.79 Å².